The second-order valence-corrected chi connectivity index (χ2v) is 5.56. The zero-order chi connectivity index (χ0) is 15.6. The molecule has 3 aromatic heterocycles. The molecule has 0 aromatic carbocycles. The van der Waals surface area contributed by atoms with Gasteiger partial charge < -0.3 is 14.4 Å². The largest absolute Gasteiger partial charge is 0.353 e. The summed E-state index contributed by atoms with van der Waals surface area (Å²) in [7, 11) is 0. The fourth-order valence-electron chi connectivity index (χ4n) is 3.02. The first-order chi connectivity index (χ1) is 11.4. The van der Waals surface area contributed by atoms with Gasteiger partial charge in [0.25, 0.3) is 0 Å². The average molecular weight is 309 g/mol. The molecule has 0 atom stereocenters. The third-order valence-electron chi connectivity index (χ3n) is 4.28. The van der Waals surface area contributed by atoms with Gasteiger partial charge in [0.05, 0.1) is 6.33 Å². The number of imidazole rings is 1. The Morgan fingerprint density at radius 2 is 1.78 bits per heavy atom. The van der Waals surface area contributed by atoms with Crippen LogP contribution in [0.3, 0.4) is 0 Å². The number of nitrogens with zero attached hydrogens (tertiary/aromatic N) is 7. The molecule has 0 bridgehead atoms. The molecule has 3 aromatic rings. The molecule has 7 nitrogen and oxygen atoms in total. The molecule has 1 fully saturated rings. The molecule has 4 rings (SSSR count). The summed E-state index contributed by atoms with van der Waals surface area (Å²) in [6.45, 7) is 6.62. The second kappa shape index (κ2) is 5.83. The van der Waals surface area contributed by atoms with Gasteiger partial charge in [0.1, 0.15) is 12.1 Å². The molecular formula is C16H19N7. The molecule has 0 N–H and O–H groups in total. The Hall–Kier alpha value is -2.70. The molecule has 4 heterocycles. The molecule has 0 spiro atoms. The number of piperazine rings is 1. The van der Waals surface area contributed by atoms with E-state index in [2.05, 4.69) is 42.7 Å². The topological polar surface area (TPSA) is 63.0 Å². The van der Waals surface area contributed by atoms with E-state index in [-0.39, 0.29) is 0 Å². The standard InChI is InChI=1S/C16H19N7/c1-2-21-12-20-14-15(21)18-11-19-16(14)23-9-7-22(8-10-23)13-5-3-4-6-17-13/h3-6,11-12H,2,7-10H2,1H3. The maximum atomic E-state index is 4.51. The first-order valence-electron chi connectivity index (χ1n) is 7.93. The van der Waals surface area contributed by atoms with Crippen LogP contribution in [0.5, 0.6) is 0 Å². The fourth-order valence-corrected chi connectivity index (χ4v) is 3.02. The zero-order valence-electron chi connectivity index (χ0n) is 13.1. The Bertz CT molecular complexity index is 791. The van der Waals surface area contributed by atoms with Crippen LogP contribution in [0.15, 0.2) is 37.1 Å². The highest BCUT2D eigenvalue weighted by Crippen LogP contribution is 2.23. The summed E-state index contributed by atoms with van der Waals surface area (Å²) in [5.41, 5.74) is 1.80. The van der Waals surface area contributed by atoms with Crippen LogP contribution < -0.4 is 9.80 Å². The number of hydrogen-bond acceptors (Lipinski definition) is 6. The molecule has 0 aliphatic carbocycles. The molecule has 0 unspecified atom stereocenters. The number of pyridine rings is 1. The van der Waals surface area contributed by atoms with Gasteiger partial charge >= 0.3 is 0 Å². The number of rotatable bonds is 3. The summed E-state index contributed by atoms with van der Waals surface area (Å²) in [4.78, 5) is 22.4. The van der Waals surface area contributed by atoms with E-state index in [1.54, 1.807) is 6.33 Å². The number of fused-ring (bicyclic) bond motifs is 1. The minimum absolute atomic E-state index is 0.862. The summed E-state index contributed by atoms with van der Waals surface area (Å²) in [6.07, 6.45) is 5.32. The molecule has 0 amide bonds. The van der Waals surface area contributed by atoms with Gasteiger partial charge in [-0.3, -0.25) is 0 Å². The van der Waals surface area contributed by atoms with Crippen molar-refractivity contribution in [2.75, 3.05) is 36.0 Å². The van der Waals surface area contributed by atoms with E-state index < -0.39 is 0 Å². The quantitative estimate of drug-likeness (QED) is 0.732. The molecule has 0 saturated carbocycles. The van der Waals surface area contributed by atoms with Gasteiger partial charge in [-0.25, -0.2) is 19.9 Å². The van der Waals surface area contributed by atoms with E-state index in [1.807, 2.05) is 29.2 Å². The molecule has 7 heteroatoms. The predicted molar refractivity (Wildman–Crippen MR) is 89.7 cm³/mol. The number of anilines is 2. The van der Waals surface area contributed by atoms with Gasteiger partial charge in [-0.1, -0.05) is 6.07 Å². The maximum Gasteiger partial charge on any atom is 0.165 e. The number of aromatic nitrogens is 5. The number of aryl methyl sites for hydroxylation is 1. The summed E-state index contributed by atoms with van der Waals surface area (Å²) in [6, 6.07) is 6.03. The maximum absolute atomic E-state index is 4.51. The molecule has 1 saturated heterocycles. The van der Waals surface area contributed by atoms with Crippen molar-refractivity contribution in [3.8, 4) is 0 Å². The van der Waals surface area contributed by atoms with Crippen molar-refractivity contribution in [2.24, 2.45) is 0 Å². The number of hydrogen-bond donors (Lipinski definition) is 0. The van der Waals surface area contributed by atoms with Gasteiger partial charge in [-0.05, 0) is 19.1 Å². The minimum Gasteiger partial charge on any atom is -0.353 e. The van der Waals surface area contributed by atoms with Crippen molar-refractivity contribution in [1.29, 1.82) is 0 Å². The SMILES string of the molecule is CCn1cnc2c(N3CCN(c4ccccn4)CC3)ncnc21. The fraction of sp³-hybridized carbons (Fsp3) is 0.375. The highest BCUT2D eigenvalue weighted by molar-refractivity contribution is 5.83. The van der Waals surface area contributed by atoms with Crippen LogP contribution in [0.2, 0.25) is 0 Å². The van der Waals surface area contributed by atoms with Gasteiger partial charge in [0, 0.05) is 38.9 Å². The van der Waals surface area contributed by atoms with Crippen LogP contribution in [0.4, 0.5) is 11.6 Å². The Balaban J connectivity index is 1.56. The monoisotopic (exact) mass is 309 g/mol. The van der Waals surface area contributed by atoms with Crippen molar-refractivity contribution in [1.82, 2.24) is 24.5 Å². The second-order valence-electron chi connectivity index (χ2n) is 5.56. The molecule has 118 valence electrons. The van der Waals surface area contributed by atoms with E-state index in [4.69, 9.17) is 0 Å². The summed E-state index contributed by atoms with van der Waals surface area (Å²) in [5.74, 6) is 1.97. The van der Waals surface area contributed by atoms with Crippen LogP contribution in [0.25, 0.3) is 11.2 Å². The van der Waals surface area contributed by atoms with E-state index >= 15 is 0 Å². The van der Waals surface area contributed by atoms with Crippen LogP contribution >= 0.6 is 0 Å². The predicted octanol–water partition coefficient (Wildman–Crippen LogP) is 1.57. The Kier molecular flexibility index (Phi) is 3.53. The smallest absolute Gasteiger partial charge is 0.165 e. The Labute approximate surface area is 134 Å². The Morgan fingerprint density at radius 3 is 2.52 bits per heavy atom. The average Bonchev–Trinajstić information content (AvgIpc) is 3.06. The zero-order valence-corrected chi connectivity index (χ0v) is 13.1. The summed E-state index contributed by atoms with van der Waals surface area (Å²) < 4.78 is 2.05. The van der Waals surface area contributed by atoms with E-state index in [9.17, 15) is 0 Å². The van der Waals surface area contributed by atoms with Crippen molar-refractivity contribution < 1.29 is 0 Å². The van der Waals surface area contributed by atoms with Crippen LogP contribution in [0.1, 0.15) is 6.92 Å². The summed E-state index contributed by atoms with van der Waals surface area (Å²) >= 11 is 0. The van der Waals surface area contributed by atoms with Crippen LogP contribution in [-0.2, 0) is 6.54 Å². The molecular weight excluding hydrogens is 290 g/mol. The van der Waals surface area contributed by atoms with Gasteiger partial charge in [-0.15, -0.1) is 0 Å². The lowest BCUT2D eigenvalue weighted by Crippen LogP contribution is -2.47. The normalized spacial score (nSPS) is 15.3. The highest BCUT2D eigenvalue weighted by Gasteiger charge is 2.22. The third kappa shape index (κ3) is 2.48. The molecule has 1 aliphatic rings. The first-order valence-corrected chi connectivity index (χ1v) is 7.93. The van der Waals surface area contributed by atoms with E-state index in [0.29, 0.717) is 0 Å². The van der Waals surface area contributed by atoms with Crippen molar-refractivity contribution in [2.45, 2.75) is 13.5 Å². The lowest BCUT2D eigenvalue weighted by atomic mass is 10.3. The summed E-state index contributed by atoms with van der Waals surface area (Å²) in [5, 5.41) is 0. The van der Waals surface area contributed by atoms with Gasteiger partial charge in [0.2, 0.25) is 0 Å². The minimum atomic E-state index is 0.862. The van der Waals surface area contributed by atoms with Crippen molar-refractivity contribution >= 4 is 22.8 Å². The van der Waals surface area contributed by atoms with Gasteiger partial charge in [0.15, 0.2) is 17.0 Å². The highest BCUT2D eigenvalue weighted by atomic mass is 15.3. The van der Waals surface area contributed by atoms with E-state index in [0.717, 1.165) is 55.5 Å². The lowest BCUT2D eigenvalue weighted by Gasteiger charge is -2.35. The van der Waals surface area contributed by atoms with Crippen molar-refractivity contribution in [3.63, 3.8) is 0 Å². The molecule has 1 aliphatic heterocycles. The van der Waals surface area contributed by atoms with Crippen LogP contribution in [-0.4, -0.2) is 50.7 Å². The molecule has 0 radical (unpaired) electrons. The van der Waals surface area contributed by atoms with E-state index in [1.165, 1.54) is 0 Å². The van der Waals surface area contributed by atoms with Crippen molar-refractivity contribution in [3.05, 3.63) is 37.1 Å². The third-order valence-corrected chi connectivity index (χ3v) is 4.28. The van der Waals surface area contributed by atoms with Crippen LogP contribution in [0, 0.1) is 0 Å². The Morgan fingerprint density at radius 1 is 0.957 bits per heavy atom. The van der Waals surface area contributed by atoms with Gasteiger partial charge in [-0.2, -0.15) is 0 Å². The first kappa shape index (κ1) is 13.9. The molecule has 23 heavy (non-hydrogen) atoms. The lowest BCUT2D eigenvalue weighted by molar-refractivity contribution is 0.642.